The highest BCUT2D eigenvalue weighted by Crippen LogP contribution is 2.30. The summed E-state index contributed by atoms with van der Waals surface area (Å²) in [6, 6.07) is 11.2. The van der Waals surface area contributed by atoms with Crippen LogP contribution in [-0.2, 0) is 0 Å². The summed E-state index contributed by atoms with van der Waals surface area (Å²) in [6.07, 6.45) is 3.71. The van der Waals surface area contributed by atoms with Crippen molar-refractivity contribution in [3.8, 4) is 11.3 Å². The molecule has 1 aromatic heterocycles. The molecule has 0 saturated carbocycles. The number of hydrogen-bond donors (Lipinski definition) is 1. The molecule has 1 aliphatic heterocycles. The average Bonchev–Trinajstić information content (AvgIpc) is 3.25. The lowest BCUT2D eigenvalue weighted by Gasteiger charge is -2.25. The van der Waals surface area contributed by atoms with Crippen molar-refractivity contribution in [3.63, 3.8) is 0 Å². The molecule has 7 nitrogen and oxygen atoms in total. The summed E-state index contributed by atoms with van der Waals surface area (Å²) in [5, 5.41) is 16.7. The predicted octanol–water partition coefficient (Wildman–Crippen LogP) is 5.61. The largest absolute Gasteiger partial charge is 0.348 e. The number of thiazole rings is 1. The summed E-state index contributed by atoms with van der Waals surface area (Å²) < 4.78 is 0. The Morgan fingerprint density at radius 3 is 2.53 bits per heavy atom. The number of non-ortho nitro benzene ring substituents is 1. The van der Waals surface area contributed by atoms with E-state index in [-0.39, 0.29) is 16.3 Å². The van der Waals surface area contributed by atoms with Crippen LogP contribution in [0.4, 0.5) is 16.5 Å². The minimum atomic E-state index is -0.554. The van der Waals surface area contributed by atoms with E-state index in [4.69, 9.17) is 16.6 Å². The Balaban J connectivity index is 1.44. The molecule has 3 aromatic rings. The molecule has 2 aromatic carbocycles. The van der Waals surface area contributed by atoms with Gasteiger partial charge in [0.05, 0.1) is 21.2 Å². The van der Waals surface area contributed by atoms with Crippen LogP contribution in [-0.4, -0.2) is 28.9 Å². The molecular formula is C21H19ClN4O3S. The number of carbonyl (C=O) groups excluding carboxylic acids is 1. The number of amides is 1. The van der Waals surface area contributed by atoms with Gasteiger partial charge in [0.25, 0.3) is 11.6 Å². The highest BCUT2D eigenvalue weighted by Gasteiger charge is 2.16. The van der Waals surface area contributed by atoms with Crippen LogP contribution >= 0.6 is 22.9 Å². The molecule has 1 amide bonds. The Morgan fingerprint density at radius 2 is 1.87 bits per heavy atom. The third-order valence-corrected chi connectivity index (χ3v) is 6.18. The van der Waals surface area contributed by atoms with Gasteiger partial charge in [-0.2, -0.15) is 0 Å². The van der Waals surface area contributed by atoms with Crippen molar-refractivity contribution in [2.24, 2.45) is 0 Å². The number of anilines is 2. The smallest absolute Gasteiger partial charge is 0.270 e. The van der Waals surface area contributed by atoms with Gasteiger partial charge in [-0.25, -0.2) is 4.98 Å². The number of halogens is 1. The summed E-state index contributed by atoms with van der Waals surface area (Å²) >= 11 is 7.68. The third kappa shape index (κ3) is 4.44. The number of hydrogen-bond acceptors (Lipinski definition) is 6. The fraction of sp³-hybridized carbons (Fsp3) is 0.238. The van der Waals surface area contributed by atoms with E-state index in [1.54, 1.807) is 23.5 Å². The van der Waals surface area contributed by atoms with E-state index in [0.717, 1.165) is 29.5 Å². The molecule has 1 fully saturated rings. The van der Waals surface area contributed by atoms with E-state index in [1.165, 1.54) is 37.5 Å². The van der Waals surface area contributed by atoms with Gasteiger partial charge >= 0.3 is 0 Å². The van der Waals surface area contributed by atoms with Gasteiger partial charge in [-0.15, -0.1) is 11.3 Å². The molecule has 0 atom stereocenters. The van der Waals surface area contributed by atoms with Gasteiger partial charge in [0.2, 0.25) is 0 Å². The van der Waals surface area contributed by atoms with Gasteiger partial charge in [-0.1, -0.05) is 23.7 Å². The molecule has 1 saturated heterocycles. The molecular weight excluding hydrogens is 424 g/mol. The number of benzene rings is 2. The normalized spacial score (nSPS) is 13.8. The maximum absolute atomic E-state index is 12.5. The average molecular weight is 443 g/mol. The predicted molar refractivity (Wildman–Crippen MR) is 120 cm³/mol. The molecule has 2 heterocycles. The minimum Gasteiger partial charge on any atom is -0.348 e. The van der Waals surface area contributed by atoms with Crippen LogP contribution in [0.2, 0.25) is 5.02 Å². The molecule has 154 valence electrons. The summed E-state index contributed by atoms with van der Waals surface area (Å²) in [6.45, 7) is 2.12. The van der Waals surface area contributed by atoms with E-state index in [9.17, 15) is 14.9 Å². The second kappa shape index (κ2) is 8.81. The first-order chi connectivity index (χ1) is 14.5. The van der Waals surface area contributed by atoms with Crippen LogP contribution in [0, 0.1) is 10.1 Å². The van der Waals surface area contributed by atoms with Crippen LogP contribution in [0.3, 0.4) is 0 Å². The molecule has 0 unspecified atom stereocenters. The first-order valence-corrected chi connectivity index (χ1v) is 10.8. The SMILES string of the molecule is O=C(Nc1ccc(-c2csc(N3CCCCC3)n2)cc1)c1ccc([N+](=O)[O-])cc1Cl. The van der Waals surface area contributed by atoms with Crippen LogP contribution in [0.25, 0.3) is 11.3 Å². The van der Waals surface area contributed by atoms with Crippen LogP contribution in [0.1, 0.15) is 29.6 Å². The highest BCUT2D eigenvalue weighted by atomic mass is 35.5. The standard InChI is InChI=1S/C21H19ClN4O3S/c22-18-12-16(26(28)29)8-9-17(18)20(27)23-15-6-4-14(5-7-15)19-13-30-21(24-19)25-10-2-1-3-11-25/h4-9,12-13H,1-3,10-11H2,(H,23,27). The Hall–Kier alpha value is -2.97. The van der Waals surface area contributed by atoms with E-state index < -0.39 is 10.8 Å². The number of piperidine rings is 1. The number of rotatable bonds is 5. The zero-order valence-electron chi connectivity index (χ0n) is 16.0. The molecule has 30 heavy (non-hydrogen) atoms. The minimum absolute atomic E-state index is 0.0334. The maximum Gasteiger partial charge on any atom is 0.270 e. The van der Waals surface area contributed by atoms with Crippen molar-refractivity contribution in [2.75, 3.05) is 23.3 Å². The Kier molecular flexibility index (Phi) is 5.96. The Bertz CT molecular complexity index is 1080. The number of nitro benzene ring substituents is 1. The topological polar surface area (TPSA) is 88.4 Å². The molecule has 0 spiro atoms. The van der Waals surface area contributed by atoms with Crippen molar-refractivity contribution >= 4 is 45.4 Å². The van der Waals surface area contributed by atoms with Gasteiger partial charge in [0, 0.05) is 41.9 Å². The second-order valence-corrected chi connectivity index (χ2v) is 8.26. The quantitative estimate of drug-likeness (QED) is 0.409. The summed E-state index contributed by atoms with van der Waals surface area (Å²) in [4.78, 5) is 29.8. The molecule has 1 N–H and O–H groups in total. The summed E-state index contributed by atoms with van der Waals surface area (Å²) in [7, 11) is 0. The fourth-order valence-electron chi connectivity index (χ4n) is 3.35. The van der Waals surface area contributed by atoms with Crippen LogP contribution in [0.15, 0.2) is 47.8 Å². The number of nitrogens with one attached hydrogen (secondary N) is 1. The zero-order valence-corrected chi connectivity index (χ0v) is 17.6. The van der Waals surface area contributed by atoms with E-state index in [0.29, 0.717) is 5.69 Å². The lowest BCUT2D eigenvalue weighted by Crippen LogP contribution is -2.29. The number of nitro groups is 1. The number of aromatic nitrogens is 1. The first-order valence-electron chi connectivity index (χ1n) is 9.57. The lowest BCUT2D eigenvalue weighted by molar-refractivity contribution is -0.384. The van der Waals surface area contributed by atoms with Crippen molar-refractivity contribution in [2.45, 2.75) is 19.3 Å². The Morgan fingerprint density at radius 1 is 1.13 bits per heavy atom. The maximum atomic E-state index is 12.5. The van der Waals surface area contributed by atoms with Crippen molar-refractivity contribution in [1.29, 1.82) is 0 Å². The fourth-order valence-corrected chi connectivity index (χ4v) is 4.50. The third-order valence-electron chi connectivity index (χ3n) is 4.97. The zero-order chi connectivity index (χ0) is 21.1. The first kappa shape index (κ1) is 20.3. The van der Waals surface area contributed by atoms with Crippen LogP contribution in [0.5, 0.6) is 0 Å². The van der Waals surface area contributed by atoms with Gasteiger partial charge in [-0.05, 0) is 37.5 Å². The highest BCUT2D eigenvalue weighted by molar-refractivity contribution is 7.14. The monoisotopic (exact) mass is 442 g/mol. The van der Waals surface area contributed by atoms with Gasteiger partial charge in [-0.3, -0.25) is 14.9 Å². The molecule has 0 radical (unpaired) electrons. The van der Waals surface area contributed by atoms with Crippen molar-refractivity contribution < 1.29 is 9.72 Å². The van der Waals surface area contributed by atoms with Gasteiger partial charge in [0.1, 0.15) is 0 Å². The molecule has 4 rings (SSSR count). The van der Waals surface area contributed by atoms with Gasteiger partial charge in [0.15, 0.2) is 5.13 Å². The molecule has 9 heteroatoms. The van der Waals surface area contributed by atoms with E-state index in [2.05, 4.69) is 10.2 Å². The second-order valence-electron chi connectivity index (χ2n) is 7.02. The lowest BCUT2D eigenvalue weighted by atomic mass is 10.1. The summed E-state index contributed by atoms with van der Waals surface area (Å²) in [5.74, 6) is -0.427. The number of carbonyl (C=O) groups is 1. The molecule has 0 aliphatic carbocycles. The number of nitrogens with zero attached hydrogens (tertiary/aromatic N) is 3. The Labute approximate surface area is 182 Å². The molecule has 1 aliphatic rings. The molecule has 0 bridgehead atoms. The van der Waals surface area contributed by atoms with Gasteiger partial charge < -0.3 is 10.2 Å². The van der Waals surface area contributed by atoms with Crippen LogP contribution < -0.4 is 10.2 Å². The van der Waals surface area contributed by atoms with Crippen molar-refractivity contribution in [1.82, 2.24) is 4.98 Å². The van der Waals surface area contributed by atoms with E-state index >= 15 is 0 Å². The van der Waals surface area contributed by atoms with Crippen molar-refractivity contribution in [3.05, 3.63) is 68.5 Å². The summed E-state index contributed by atoms with van der Waals surface area (Å²) in [5.41, 5.74) is 2.51. The van der Waals surface area contributed by atoms with E-state index in [1.807, 2.05) is 17.5 Å².